The molecule has 0 spiro atoms. The maximum Gasteiger partial charge on any atom is 0.266 e. The molecule has 1 aromatic carbocycles. The molecule has 162 valence electrons. The third-order valence-electron chi connectivity index (χ3n) is 6.66. The zero-order valence-corrected chi connectivity index (χ0v) is 18.1. The van der Waals surface area contributed by atoms with Crippen LogP contribution in [0, 0.1) is 5.41 Å². The van der Waals surface area contributed by atoms with Crippen molar-refractivity contribution in [2.45, 2.75) is 44.6 Å². The van der Waals surface area contributed by atoms with E-state index >= 15 is 0 Å². The fourth-order valence-corrected chi connectivity index (χ4v) is 4.99. The van der Waals surface area contributed by atoms with Crippen LogP contribution in [0.4, 0.5) is 14.6 Å². The van der Waals surface area contributed by atoms with E-state index in [9.17, 15) is 13.9 Å². The van der Waals surface area contributed by atoms with Gasteiger partial charge in [-0.15, -0.1) is 5.10 Å². The Hall–Kier alpha value is -2.12. The van der Waals surface area contributed by atoms with Crippen LogP contribution < -0.4 is 4.90 Å². The molecule has 0 amide bonds. The van der Waals surface area contributed by atoms with Crippen molar-refractivity contribution in [1.82, 2.24) is 15.1 Å². The van der Waals surface area contributed by atoms with Crippen LogP contribution in [0.3, 0.4) is 0 Å². The molecule has 0 radical (unpaired) electrons. The number of alkyl halides is 2. The fourth-order valence-electron chi connectivity index (χ4n) is 4.99. The second-order valence-corrected chi connectivity index (χ2v) is 9.55. The van der Waals surface area contributed by atoms with Gasteiger partial charge < -0.3 is 14.9 Å². The van der Waals surface area contributed by atoms with Crippen LogP contribution in [0.1, 0.15) is 49.8 Å². The summed E-state index contributed by atoms with van der Waals surface area (Å²) in [5.41, 5.74) is 0.840. The molecule has 0 aliphatic carbocycles. The summed E-state index contributed by atoms with van der Waals surface area (Å²) in [6.45, 7) is 7.62. The average Bonchev–Trinajstić information content (AvgIpc) is 3.06. The molecule has 3 heterocycles. The van der Waals surface area contributed by atoms with Crippen molar-refractivity contribution in [2.75, 3.05) is 38.1 Å². The van der Waals surface area contributed by atoms with Crippen molar-refractivity contribution in [3.8, 4) is 0 Å². The van der Waals surface area contributed by atoms with Gasteiger partial charge in [-0.25, -0.2) is 8.78 Å². The Morgan fingerprint density at radius 1 is 1.10 bits per heavy atom. The molecule has 0 bridgehead atoms. The van der Waals surface area contributed by atoms with E-state index in [-0.39, 0.29) is 19.5 Å². The van der Waals surface area contributed by atoms with Crippen LogP contribution in [0.15, 0.2) is 36.5 Å². The van der Waals surface area contributed by atoms with E-state index in [1.807, 2.05) is 31.3 Å². The highest BCUT2D eigenvalue weighted by molar-refractivity contribution is 5.48. The summed E-state index contributed by atoms with van der Waals surface area (Å²) in [7, 11) is 2.02. The van der Waals surface area contributed by atoms with Crippen molar-refractivity contribution in [1.29, 1.82) is 0 Å². The molecule has 7 heteroatoms. The van der Waals surface area contributed by atoms with E-state index in [1.165, 1.54) is 5.56 Å². The monoisotopic (exact) mass is 416 g/mol. The molecule has 1 N–H and O–H groups in total. The van der Waals surface area contributed by atoms with Crippen molar-refractivity contribution in [2.24, 2.45) is 5.41 Å². The van der Waals surface area contributed by atoms with Crippen molar-refractivity contribution in [3.63, 3.8) is 0 Å². The molecule has 1 aromatic heterocycles. The molecular weight excluding hydrogens is 386 g/mol. The number of aromatic nitrogens is 2. The highest BCUT2D eigenvalue weighted by atomic mass is 19.3. The third-order valence-corrected chi connectivity index (χ3v) is 6.66. The molecule has 5 nitrogen and oxygen atoms in total. The van der Waals surface area contributed by atoms with Crippen LogP contribution in [-0.4, -0.2) is 59.4 Å². The van der Waals surface area contributed by atoms with Crippen LogP contribution in [0.2, 0.25) is 0 Å². The van der Waals surface area contributed by atoms with Crippen molar-refractivity contribution >= 4 is 5.82 Å². The summed E-state index contributed by atoms with van der Waals surface area (Å²) in [5.74, 6) is -1.94. The Morgan fingerprint density at radius 3 is 2.30 bits per heavy atom. The Balaban J connectivity index is 1.77. The maximum atomic E-state index is 13.7. The number of aliphatic hydroxyl groups is 1. The topological polar surface area (TPSA) is 52.5 Å². The first-order chi connectivity index (χ1) is 14.0. The fraction of sp³-hybridized carbons (Fsp3) is 0.565. The molecule has 2 aliphatic heterocycles. The molecule has 4 rings (SSSR count). The zero-order valence-electron chi connectivity index (χ0n) is 18.1. The SMILES string of the molecule is CC(C)c1ccc(C(O)(c2cnnc(N3CCC(F)(F)C3)c2)C2(C)CN(C)C2)cc1. The van der Waals surface area contributed by atoms with Crippen LogP contribution >= 0.6 is 0 Å². The van der Waals surface area contributed by atoms with Gasteiger partial charge in [0.1, 0.15) is 5.60 Å². The second kappa shape index (κ2) is 7.24. The number of rotatable bonds is 5. The number of anilines is 1. The Bertz CT molecular complexity index is 912. The van der Waals surface area contributed by atoms with E-state index in [4.69, 9.17) is 0 Å². The smallest absolute Gasteiger partial charge is 0.266 e. The maximum absolute atomic E-state index is 13.7. The van der Waals surface area contributed by atoms with Gasteiger partial charge in [-0.1, -0.05) is 45.0 Å². The minimum absolute atomic E-state index is 0.192. The van der Waals surface area contributed by atoms with E-state index in [1.54, 1.807) is 17.2 Å². The van der Waals surface area contributed by atoms with E-state index in [0.717, 1.165) is 18.7 Å². The van der Waals surface area contributed by atoms with Gasteiger partial charge in [0.25, 0.3) is 5.92 Å². The number of benzene rings is 1. The Kier molecular flexibility index (Phi) is 5.10. The van der Waals surface area contributed by atoms with E-state index in [2.05, 4.69) is 35.9 Å². The van der Waals surface area contributed by atoms with Crippen molar-refractivity contribution < 1.29 is 13.9 Å². The number of hydrogen-bond acceptors (Lipinski definition) is 5. The van der Waals surface area contributed by atoms with E-state index in [0.29, 0.717) is 17.3 Å². The molecule has 2 fully saturated rings. The normalized spacial score (nSPS) is 22.7. The van der Waals surface area contributed by atoms with Gasteiger partial charge in [-0.05, 0) is 30.2 Å². The predicted molar refractivity (Wildman–Crippen MR) is 113 cm³/mol. The first kappa shape index (κ1) is 21.1. The average molecular weight is 417 g/mol. The van der Waals surface area contributed by atoms with Gasteiger partial charge in [0, 0.05) is 37.0 Å². The van der Waals surface area contributed by atoms with Crippen LogP contribution in [-0.2, 0) is 5.60 Å². The van der Waals surface area contributed by atoms with E-state index < -0.39 is 16.9 Å². The first-order valence-electron chi connectivity index (χ1n) is 10.5. The summed E-state index contributed by atoms with van der Waals surface area (Å²) in [6.07, 6.45) is 1.37. The highest BCUT2D eigenvalue weighted by Gasteiger charge is 2.55. The largest absolute Gasteiger partial charge is 0.380 e. The number of halogens is 2. The van der Waals surface area contributed by atoms with Gasteiger partial charge in [0.2, 0.25) is 0 Å². The summed E-state index contributed by atoms with van der Waals surface area (Å²) in [4.78, 5) is 3.71. The Morgan fingerprint density at radius 2 is 1.77 bits per heavy atom. The lowest BCUT2D eigenvalue weighted by atomic mass is 9.62. The van der Waals surface area contributed by atoms with Gasteiger partial charge in [-0.3, -0.25) is 0 Å². The quantitative estimate of drug-likeness (QED) is 0.807. The van der Waals surface area contributed by atoms with Gasteiger partial charge in [0.05, 0.1) is 12.7 Å². The summed E-state index contributed by atoms with van der Waals surface area (Å²) < 4.78 is 27.5. The lowest BCUT2D eigenvalue weighted by Crippen LogP contribution is -2.63. The predicted octanol–water partition coefficient (Wildman–Crippen LogP) is 3.63. The standard InChI is InChI=1S/C23H30F2N4O/c1-16(2)17-5-7-18(8-6-17)23(30,21(3)13-28(4)14-21)19-11-20(27-26-12-19)29-10-9-22(24,25)15-29/h5-8,11-12,16,30H,9-10,13-15H2,1-4H3. The molecule has 0 saturated carbocycles. The Labute approximate surface area is 176 Å². The van der Waals surface area contributed by atoms with Gasteiger partial charge in [0.15, 0.2) is 5.82 Å². The van der Waals surface area contributed by atoms with Crippen LogP contribution in [0.5, 0.6) is 0 Å². The second-order valence-electron chi connectivity index (χ2n) is 9.55. The first-order valence-corrected chi connectivity index (χ1v) is 10.5. The lowest BCUT2D eigenvalue weighted by Gasteiger charge is -2.55. The molecule has 2 aromatic rings. The molecule has 1 atom stereocenters. The minimum atomic E-state index is -2.72. The van der Waals surface area contributed by atoms with Gasteiger partial charge >= 0.3 is 0 Å². The summed E-state index contributed by atoms with van der Waals surface area (Å²) >= 11 is 0. The minimum Gasteiger partial charge on any atom is -0.380 e. The third kappa shape index (κ3) is 3.48. The molecule has 2 aliphatic rings. The number of nitrogens with zero attached hydrogens (tertiary/aromatic N) is 4. The number of hydrogen-bond donors (Lipinski definition) is 1. The summed E-state index contributed by atoms with van der Waals surface area (Å²) in [5, 5.41) is 20.4. The van der Waals surface area contributed by atoms with Crippen molar-refractivity contribution in [3.05, 3.63) is 53.2 Å². The molecule has 30 heavy (non-hydrogen) atoms. The molecule has 2 saturated heterocycles. The molecular formula is C23H30F2N4O. The molecule has 1 unspecified atom stereocenters. The summed E-state index contributed by atoms with van der Waals surface area (Å²) in [6, 6.07) is 9.78. The number of likely N-dealkylation sites (tertiary alicyclic amines) is 1. The zero-order chi connectivity index (χ0) is 21.7. The lowest BCUT2D eigenvalue weighted by molar-refractivity contribution is -0.127. The van der Waals surface area contributed by atoms with Crippen LogP contribution in [0.25, 0.3) is 0 Å². The highest BCUT2D eigenvalue weighted by Crippen LogP contribution is 2.50. The van der Waals surface area contributed by atoms with Gasteiger partial charge in [-0.2, -0.15) is 5.10 Å².